The van der Waals surface area contributed by atoms with Crippen molar-refractivity contribution in [2.24, 2.45) is 59.2 Å². The van der Waals surface area contributed by atoms with Crippen molar-refractivity contribution in [1.82, 2.24) is 0 Å². The Kier molecular flexibility index (Phi) is 5.07. The summed E-state index contributed by atoms with van der Waals surface area (Å²) in [4.78, 5) is 0. The fraction of sp³-hybridized carbons (Fsp3) is 0.833. The predicted octanol–water partition coefficient (Wildman–Crippen LogP) is 6.98. The minimum Gasteiger partial charge on any atom is -0.0993 e. The summed E-state index contributed by atoms with van der Waals surface area (Å²) >= 11 is 0. The van der Waals surface area contributed by atoms with Crippen LogP contribution >= 0.6 is 0 Å². The number of allylic oxidation sites excluding steroid dienone is 2. The van der Waals surface area contributed by atoms with E-state index >= 15 is 0 Å². The highest BCUT2D eigenvalue weighted by Crippen LogP contribution is 2.58. The maximum Gasteiger partial charge on any atom is -0.0106 e. The molecule has 3 rings (SSSR count). The van der Waals surface area contributed by atoms with Crippen LogP contribution in [0.2, 0.25) is 0 Å². The summed E-state index contributed by atoms with van der Waals surface area (Å²) in [5, 5.41) is 0. The molecule has 0 N–H and O–H groups in total. The van der Waals surface area contributed by atoms with Crippen LogP contribution in [0, 0.1) is 59.2 Å². The maximum atomic E-state index is 4.74. The Labute approximate surface area is 151 Å². The molecule has 0 aromatic heterocycles. The lowest BCUT2D eigenvalue weighted by atomic mass is 9.49. The Morgan fingerprint density at radius 3 is 1.54 bits per heavy atom. The molecule has 0 aliphatic heterocycles. The number of fused-ring (bicyclic) bond motifs is 1. The Bertz CT molecular complexity index is 484. The van der Waals surface area contributed by atoms with Gasteiger partial charge in [-0.25, -0.2) is 0 Å². The molecule has 3 aliphatic carbocycles. The molecule has 0 bridgehead atoms. The van der Waals surface area contributed by atoms with Gasteiger partial charge in [0.2, 0.25) is 0 Å². The van der Waals surface area contributed by atoms with Gasteiger partial charge >= 0.3 is 0 Å². The Morgan fingerprint density at radius 1 is 0.625 bits per heavy atom. The minimum atomic E-state index is 0.625. The highest BCUT2D eigenvalue weighted by molar-refractivity contribution is 5.27. The van der Waals surface area contributed by atoms with Crippen LogP contribution in [0.5, 0.6) is 0 Å². The van der Waals surface area contributed by atoms with Crippen LogP contribution in [0.3, 0.4) is 0 Å². The van der Waals surface area contributed by atoms with Crippen molar-refractivity contribution in [3.63, 3.8) is 0 Å². The zero-order chi connectivity index (χ0) is 17.8. The lowest BCUT2D eigenvalue weighted by Crippen LogP contribution is -2.49. The highest BCUT2D eigenvalue weighted by atomic mass is 14.5. The van der Waals surface area contributed by atoms with Gasteiger partial charge in [-0.05, 0) is 72.0 Å². The van der Waals surface area contributed by atoms with E-state index in [0.717, 1.165) is 47.3 Å². The van der Waals surface area contributed by atoms with Crippen molar-refractivity contribution >= 4 is 0 Å². The van der Waals surface area contributed by atoms with Crippen molar-refractivity contribution in [3.8, 4) is 0 Å². The molecule has 8 atom stereocenters. The summed E-state index contributed by atoms with van der Waals surface area (Å²) < 4.78 is 0. The lowest BCUT2D eigenvalue weighted by molar-refractivity contribution is -0.0217. The van der Waals surface area contributed by atoms with Gasteiger partial charge in [0.1, 0.15) is 0 Å². The lowest BCUT2D eigenvalue weighted by Gasteiger charge is -2.56. The van der Waals surface area contributed by atoms with Gasteiger partial charge < -0.3 is 0 Å². The molecule has 24 heavy (non-hydrogen) atoms. The van der Waals surface area contributed by atoms with Crippen molar-refractivity contribution < 1.29 is 0 Å². The Hall–Kier alpha value is -0.520. The van der Waals surface area contributed by atoms with Crippen LogP contribution in [0.25, 0.3) is 0 Å². The fourth-order valence-corrected chi connectivity index (χ4v) is 7.01. The first-order chi connectivity index (χ1) is 11.3. The molecule has 0 amide bonds. The smallest absolute Gasteiger partial charge is 0.0106 e. The molecule has 3 aliphatic rings. The molecule has 0 nitrogen and oxygen atoms in total. The minimum absolute atomic E-state index is 0.625. The van der Waals surface area contributed by atoms with Crippen LogP contribution in [-0.4, -0.2) is 0 Å². The highest BCUT2D eigenvalue weighted by Gasteiger charge is 2.50. The van der Waals surface area contributed by atoms with Crippen molar-refractivity contribution in [2.45, 2.75) is 67.2 Å². The van der Waals surface area contributed by atoms with E-state index < -0.39 is 0 Å². The molecular weight excluding hydrogens is 288 g/mol. The quantitative estimate of drug-likeness (QED) is 0.455. The molecule has 3 saturated carbocycles. The summed E-state index contributed by atoms with van der Waals surface area (Å²) in [6.45, 7) is 24.4. The predicted molar refractivity (Wildman–Crippen MR) is 106 cm³/mol. The molecule has 0 aromatic rings. The first-order valence-corrected chi connectivity index (χ1v) is 10.6. The Balaban J connectivity index is 1.94. The molecule has 8 unspecified atom stereocenters. The second kappa shape index (κ2) is 6.65. The summed E-state index contributed by atoms with van der Waals surface area (Å²) in [6.07, 6.45) is 5.52. The van der Waals surface area contributed by atoms with Gasteiger partial charge in [0.05, 0.1) is 0 Å². The van der Waals surface area contributed by atoms with Crippen LogP contribution in [-0.2, 0) is 0 Å². The van der Waals surface area contributed by atoms with Gasteiger partial charge in [0, 0.05) is 0 Å². The summed E-state index contributed by atoms with van der Waals surface area (Å²) in [5.74, 6) is 7.61. The average Bonchev–Trinajstić information content (AvgIpc) is 2.59. The van der Waals surface area contributed by atoms with E-state index in [9.17, 15) is 0 Å². The molecule has 0 heterocycles. The van der Waals surface area contributed by atoms with Gasteiger partial charge in [0.25, 0.3) is 0 Å². The molecule has 3 fully saturated rings. The zero-order valence-electron chi connectivity index (χ0n) is 17.0. The standard InChI is InChI=1S/C24H40/c1-13-14(2)17(5)23(18(6)15(13)3)24-19(7)16(4)21-11-9-10-12-22(21)20(24)8/h13-15,17-19,21-24H,4,8-12H2,1-3,5-7H3. The molecule has 0 saturated heterocycles. The van der Waals surface area contributed by atoms with E-state index in [4.69, 9.17) is 6.58 Å². The van der Waals surface area contributed by atoms with Gasteiger partial charge in [-0.3, -0.25) is 0 Å². The van der Waals surface area contributed by atoms with Crippen LogP contribution in [0.4, 0.5) is 0 Å². The zero-order valence-corrected chi connectivity index (χ0v) is 17.0. The van der Waals surface area contributed by atoms with Crippen LogP contribution < -0.4 is 0 Å². The molecule has 0 aromatic carbocycles. The van der Waals surface area contributed by atoms with Gasteiger partial charge in [-0.15, -0.1) is 0 Å². The normalized spacial score (nSPS) is 52.9. The number of hydrogen-bond donors (Lipinski definition) is 0. The SMILES string of the molecule is C=C1C(C)C(C2C(C)C(C)C(C)C(C)C2C)C(=C)C2CCCCC12. The summed E-state index contributed by atoms with van der Waals surface area (Å²) in [5.41, 5.74) is 3.17. The molecular formula is C24H40. The second-order valence-electron chi connectivity index (χ2n) is 9.83. The largest absolute Gasteiger partial charge is 0.0993 e. The molecule has 0 radical (unpaired) electrons. The van der Waals surface area contributed by atoms with E-state index in [-0.39, 0.29) is 0 Å². The number of hydrogen-bond acceptors (Lipinski definition) is 0. The van der Waals surface area contributed by atoms with E-state index in [1.54, 1.807) is 11.1 Å². The number of rotatable bonds is 1. The van der Waals surface area contributed by atoms with Crippen LogP contribution in [0.1, 0.15) is 67.2 Å². The third kappa shape index (κ3) is 2.63. The monoisotopic (exact) mass is 328 g/mol. The van der Waals surface area contributed by atoms with E-state index in [0.29, 0.717) is 11.8 Å². The van der Waals surface area contributed by atoms with Gasteiger partial charge in [-0.2, -0.15) is 0 Å². The summed E-state index contributed by atoms with van der Waals surface area (Å²) in [6, 6.07) is 0. The molecule has 136 valence electrons. The second-order valence-corrected chi connectivity index (χ2v) is 9.83. The van der Waals surface area contributed by atoms with Crippen molar-refractivity contribution in [3.05, 3.63) is 24.3 Å². The first kappa shape index (κ1) is 18.3. The topological polar surface area (TPSA) is 0 Å². The van der Waals surface area contributed by atoms with Crippen molar-refractivity contribution in [2.75, 3.05) is 0 Å². The molecule has 0 heteroatoms. The van der Waals surface area contributed by atoms with E-state index in [1.807, 2.05) is 0 Å². The maximum absolute atomic E-state index is 4.74. The van der Waals surface area contributed by atoms with E-state index in [2.05, 4.69) is 48.1 Å². The third-order valence-electron chi connectivity index (χ3n) is 9.22. The van der Waals surface area contributed by atoms with E-state index in [1.165, 1.54) is 25.7 Å². The van der Waals surface area contributed by atoms with Gasteiger partial charge in [-0.1, -0.05) is 78.7 Å². The average molecular weight is 329 g/mol. The molecule has 0 spiro atoms. The first-order valence-electron chi connectivity index (χ1n) is 10.6. The summed E-state index contributed by atoms with van der Waals surface area (Å²) in [7, 11) is 0. The van der Waals surface area contributed by atoms with Crippen LogP contribution in [0.15, 0.2) is 24.3 Å². The van der Waals surface area contributed by atoms with Gasteiger partial charge in [0.15, 0.2) is 0 Å². The van der Waals surface area contributed by atoms with Crippen molar-refractivity contribution in [1.29, 1.82) is 0 Å². The third-order valence-corrected chi connectivity index (χ3v) is 9.22. The Morgan fingerprint density at radius 2 is 1.04 bits per heavy atom. The fourth-order valence-electron chi connectivity index (χ4n) is 7.01.